The van der Waals surface area contributed by atoms with Crippen LogP contribution in [0, 0.1) is 0 Å². The van der Waals surface area contributed by atoms with Crippen molar-refractivity contribution in [2.45, 2.75) is 71.9 Å². The van der Waals surface area contributed by atoms with Gasteiger partial charge < -0.3 is 9.84 Å². The molecule has 1 unspecified atom stereocenters. The van der Waals surface area contributed by atoms with Crippen molar-refractivity contribution in [1.29, 1.82) is 0 Å². The highest BCUT2D eigenvalue weighted by Gasteiger charge is 2.16. The molecule has 5 nitrogen and oxygen atoms in total. The number of carbonyl (C=O) groups is 2. The molecule has 0 aromatic carbocycles. The molecule has 5 heteroatoms. The van der Waals surface area contributed by atoms with E-state index < -0.39 is 5.97 Å². The maximum absolute atomic E-state index is 11.8. The monoisotopic (exact) mass is 271 g/mol. The minimum Gasteiger partial charge on any atom is -0.481 e. The standard InChI is InChI=1S/C14H25NO4/c1-5-7-12(6-2)19-14(18)9-11(8-13(16)17)15-10(3)4/h10,12H,5-9H2,1-4H3,(H,16,17). The minimum atomic E-state index is -0.979. The Morgan fingerprint density at radius 2 is 1.84 bits per heavy atom. The van der Waals surface area contributed by atoms with Crippen molar-refractivity contribution in [3.05, 3.63) is 0 Å². The van der Waals surface area contributed by atoms with Crippen LogP contribution in [-0.4, -0.2) is 34.9 Å². The lowest BCUT2D eigenvalue weighted by atomic mass is 10.1. The number of esters is 1. The normalized spacial score (nSPS) is 13.4. The van der Waals surface area contributed by atoms with Gasteiger partial charge in [0.15, 0.2) is 0 Å². The van der Waals surface area contributed by atoms with Gasteiger partial charge in [-0.3, -0.25) is 14.6 Å². The van der Waals surface area contributed by atoms with Crippen LogP contribution in [0.4, 0.5) is 0 Å². The molecule has 0 aliphatic rings. The van der Waals surface area contributed by atoms with Gasteiger partial charge in [-0.05, 0) is 26.7 Å². The lowest BCUT2D eigenvalue weighted by Gasteiger charge is -2.15. The van der Waals surface area contributed by atoms with E-state index in [1.54, 1.807) is 0 Å². The van der Waals surface area contributed by atoms with E-state index >= 15 is 0 Å². The van der Waals surface area contributed by atoms with E-state index in [9.17, 15) is 9.59 Å². The number of carboxylic acids is 1. The number of carbonyl (C=O) groups excluding carboxylic acids is 1. The highest BCUT2D eigenvalue weighted by molar-refractivity contribution is 6.06. The molecular weight excluding hydrogens is 246 g/mol. The molecule has 1 atom stereocenters. The van der Waals surface area contributed by atoms with Crippen LogP contribution in [0.25, 0.3) is 0 Å². The Morgan fingerprint density at radius 3 is 2.26 bits per heavy atom. The van der Waals surface area contributed by atoms with Crippen LogP contribution < -0.4 is 0 Å². The zero-order valence-electron chi connectivity index (χ0n) is 12.3. The quantitative estimate of drug-likeness (QED) is 0.517. The van der Waals surface area contributed by atoms with Gasteiger partial charge in [0, 0.05) is 11.8 Å². The number of ether oxygens (including phenoxy) is 1. The molecule has 110 valence electrons. The molecule has 0 radical (unpaired) electrons. The van der Waals surface area contributed by atoms with Crippen LogP contribution in [0.5, 0.6) is 0 Å². The average molecular weight is 271 g/mol. The number of hydrogen-bond acceptors (Lipinski definition) is 4. The van der Waals surface area contributed by atoms with Gasteiger partial charge in [0.25, 0.3) is 0 Å². The van der Waals surface area contributed by atoms with E-state index in [-0.39, 0.29) is 31.0 Å². The molecule has 0 aliphatic heterocycles. The molecule has 0 saturated carbocycles. The molecule has 0 heterocycles. The predicted octanol–water partition coefficient (Wildman–Crippen LogP) is 2.82. The van der Waals surface area contributed by atoms with Gasteiger partial charge >= 0.3 is 11.9 Å². The number of aliphatic carboxylic acids is 1. The van der Waals surface area contributed by atoms with E-state index in [1.807, 2.05) is 27.7 Å². The van der Waals surface area contributed by atoms with E-state index in [2.05, 4.69) is 4.99 Å². The van der Waals surface area contributed by atoms with Crippen molar-refractivity contribution in [1.82, 2.24) is 0 Å². The van der Waals surface area contributed by atoms with Gasteiger partial charge in [0.1, 0.15) is 6.10 Å². The molecule has 19 heavy (non-hydrogen) atoms. The maximum atomic E-state index is 11.8. The first-order chi connectivity index (χ1) is 8.88. The summed E-state index contributed by atoms with van der Waals surface area (Å²) in [7, 11) is 0. The topological polar surface area (TPSA) is 76.0 Å². The zero-order valence-corrected chi connectivity index (χ0v) is 12.3. The summed E-state index contributed by atoms with van der Waals surface area (Å²) < 4.78 is 5.32. The zero-order chi connectivity index (χ0) is 14.8. The summed E-state index contributed by atoms with van der Waals surface area (Å²) in [4.78, 5) is 26.7. The van der Waals surface area contributed by atoms with E-state index in [1.165, 1.54) is 0 Å². The van der Waals surface area contributed by atoms with Gasteiger partial charge in [-0.15, -0.1) is 0 Å². The molecule has 0 aromatic rings. The molecule has 1 N–H and O–H groups in total. The summed E-state index contributed by atoms with van der Waals surface area (Å²) in [5.41, 5.74) is 0.374. The summed E-state index contributed by atoms with van der Waals surface area (Å²) in [6.45, 7) is 7.69. The Kier molecular flexibility index (Phi) is 8.83. The lowest BCUT2D eigenvalue weighted by molar-refractivity contribution is -0.148. The molecule has 0 aromatic heterocycles. The first kappa shape index (κ1) is 17.6. The number of aliphatic imine (C=N–C) groups is 1. The molecule has 0 aliphatic carbocycles. The second kappa shape index (κ2) is 9.53. The van der Waals surface area contributed by atoms with Gasteiger partial charge in [-0.2, -0.15) is 0 Å². The maximum Gasteiger partial charge on any atom is 0.311 e. The fourth-order valence-corrected chi connectivity index (χ4v) is 1.76. The number of rotatable bonds is 9. The third kappa shape index (κ3) is 9.22. The smallest absolute Gasteiger partial charge is 0.311 e. The van der Waals surface area contributed by atoms with Crippen LogP contribution in [0.3, 0.4) is 0 Å². The number of carboxylic acid groups (broad SMARTS) is 1. The van der Waals surface area contributed by atoms with Gasteiger partial charge in [0.2, 0.25) is 0 Å². The summed E-state index contributed by atoms with van der Waals surface area (Å²) in [5.74, 6) is -1.37. The molecule has 0 fully saturated rings. The molecule has 0 saturated heterocycles. The first-order valence-corrected chi connectivity index (χ1v) is 6.85. The fourth-order valence-electron chi connectivity index (χ4n) is 1.76. The summed E-state index contributed by atoms with van der Waals surface area (Å²) in [6.07, 6.45) is 2.23. The number of hydrogen-bond donors (Lipinski definition) is 1. The number of nitrogens with zero attached hydrogens (tertiary/aromatic N) is 1. The van der Waals surface area contributed by atoms with Crippen LogP contribution in [0.15, 0.2) is 4.99 Å². The van der Waals surface area contributed by atoms with Crippen LogP contribution >= 0.6 is 0 Å². The summed E-state index contributed by atoms with van der Waals surface area (Å²) in [5, 5.41) is 8.79. The van der Waals surface area contributed by atoms with E-state index in [4.69, 9.17) is 9.84 Å². The molecular formula is C14H25NO4. The Labute approximate surface area is 115 Å². The van der Waals surface area contributed by atoms with Crippen molar-refractivity contribution in [2.24, 2.45) is 4.99 Å². The Balaban J connectivity index is 4.49. The van der Waals surface area contributed by atoms with E-state index in [0.717, 1.165) is 19.3 Å². The largest absolute Gasteiger partial charge is 0.481 e. The SMILES string of the molecule is CCCC(CC)OC(=O)CC(CC(=O)O)=NC(C)C. The molecule has 0 spiro atoms. The minimum absolute atomic E-state index is 0.0280. The Morgan fingerprint density at radius 1 is 1.21 bits per heavy atom. The second-order valence-corrected chi connectivity index (χ2v) is 4.85. The van der Waals surface area contributed by atoms with Crippen molar-refractivity contribution in [2.75, 3.05) is 0 Å². The van der Waals surface area contributed by atoms with Crippen molar-refractivity contribution in [3.63, 3.8) is 0 Å². The van der Waals surface area contributed by atoms with Gasteiger partial charge in [-0.1, -0.05) is 20.3 Å². The van der Waals surface area contributed by atoms with Gasteiger partial charge in [0.05, 0.1) is 12.8 Å². The Bertz CT molecular complexity index is 323. The highest BCUT2D eigenvalue weighted by atomic mass is 16.5. The van der Waals surface area contributed by atoms with E-state index in [0.29, 0.717) is 5.71 Å². The average Bonchev–Trinajstić information content (AvgIpc) is 2.26. The van der Waals surface area contributed by atoms with Crippen molar-refractivity contribution < 1.29 is 19.4 Å². The Hall–Kier alpha value is -1.39. The fraction of sp³-hybridized carbons (Fsp3) is 0.786. The molecule has 0 bridgehead atoms. The summed E-state index contributed by atoms with van der Waals surface area (Å²) in [6, 6.07) is -0.0280. The summed E-state index contributed by atoms with van der Waals surface area (Å²) >= 11 is 0. The van der Waals surface area contributed by atoms with Crippen molar-refractivity contribution in [3.8, 4) is 0 Å². The van der Waals surface area contributed by atoms with Crippen molar-refractivity contribution >= 4 is 17.7 Å². The third-order valence-corrected chi connectivity index (χ3v) is 2.51. The third-order valence-electron chi connectivity index (χ3n) is 2.51. The highest BCUT2D eigenvalue weighted by Crippen LogP contribution is 2.09. The molecule has 0 amide bonds. The predicted molar refractivity (Wildman–Crippen MR) is 74.5 cm³/mol. The van der Waals surface area contributed by atoms with Crippen LogP contribution in [0.1, 0.15) is 59.8 Å². The first-order valence-electron chi connectivity index (χ1n) is 6.85. The lowest BCUT2D eigenvalue weighted by Crippen LogP contribution is -2.21. The van der Waals surface area contributed by atoms with Crippen LogP contribution in [0.2, 0.25) is 0 Å². The second-order valence-electron chi connectivity index (χ2n) is 4.85. The molecule has 0 rings (SSSR count). The van der Waals surface area contributed by atoms with Gasteiger partial charge in [-0.25, -0.2) is 0 Å². The van der Waals surface area contributed by atoms with Crippen LogP contribution in [-0.2, 0) is 14.3 Å².